The van der Waals surface area contributed by atoms with E-state index in [9.17, 15) is 5.41 Å². The van der Waals surface area contributed by atoms with Gasteiger partial charge < -0.3 is 5.41 Å². The second-order valence-electron chi connectivity index (χ2n) is 10.1. The first-order valence-corrected chi connectivity index (χ1v) is 17.0. The Labute approximate surface area is 251 Å². The number of pyridine rings is 1. The molecule has 0 aliphatic heterocycles. The molecule has 204 valence electrons. The van der Waals surface area contributed by atoms with Crippen molar-refractivity contribution in [2.45, 2.75) is 12.6 Å². The number of nitrogens with zero attached hydrogens (tertiary/aromatic N) is 1. The van der Waals surface area contributed by atoms with Crippen molar-refractivity contribution in [3.63, 3.8) is 0 Å². The van der Waals surface area contributed by atoms with E-state index in [4.69, 9.17) is 4.98 Å². The highest BCUT2D eigenvalue weighted by atomic mass is 31.1. The molecule has 0 bridgehead atoms. The summed E-state index contributed by atoms with van der Waals surface area (Å²) in [5.74, 6) is 0. The number of benzene rings is 5. The van der Waals surface area contributed by atoms with Gasteiger partial charge in [0.2, 0.25) is 0 Å². The van der Waals surface area contributed by atoms with Crippen molar-refractivity contribution in [2.75, 3.05) is 0 Å². The second kappa shape index (κ2) is 13.6. The molecule has 42 heavy (non-hydrogen) atoms. The third-order valence-electron chi connectivity index (χ3n) is 7.20. The van der Waals surface area contributed by atoms with Crippen molar-refractivity contribution in [1.82, 2.24) is 4.98 Å². The third-order valence-corrected chi connectivity index (χ3v) is 12.2. The van der Waals surface area contributed by atoms with Crippen LogP contribution in [0.15, 0.2) is 164 Å². The summed E-state index contributed by atoms with van der Waals surface area (Å²) in [7, 11) is -1.35. The Kier molecular flexibility index (Phi) is 9.06. The van der Waals surface area contributed by atoms with E-state index in [1.54, 1.807) is 0 Å². The normalized spacial score (nSPS) is 11.1. The molecule has 4 heteroatoms. The highest BCUT2D eigenvalue weighted by Gasteiger charge is 2.21. The van der Waals surface area contributed by atoms with Crippen LogP contribution >= 0.6 is 15.8 Å². The van der Waals surface area contributed by atoms with Crippen LogP contribution in [0.1, 0.15) is 17.0 Å². The van der Waals surface area contributed by atoms with E-state index in [0.717, 1.165) is 17.5 Å². The van der Waals surface area contributed by atoms with Crippen molar-refractivity contribution in [3.05, 3.63) is 181 Å². The van der Waals surface area contributed by atoms with Crippen LogP contribution in [0.2, 0.25) is 0 Å². The van der Waals surface area contributed by atoms with Gasteiger partial charge in [0.15, 0.2) is 0 Å². The Hall–Kier alpha value is -4.22. The molecule has 0 saturated carbocycles. The van der Waals surface area contributed by atoms with Gasteiger partial charge in [0, 0.05) is 18.3 Å². The first-order valence-electron chi connectivity index (χ1n) is 14.2. The molecule has 0 spiro atoms. The van der Waals surface area contributed by atoms with Crippen LogP contribution in [0.4, 0.5) is 0 Å². The molecule has 1 N–H and O–H groups in total. The zero-order valence-corrected chi connectivity index (χ0v) is 25.1. The summed E-state index contributed by atoms with van der Waals surface area (Å²) in [6.07, 6.45) is 1.38. The fourth-order valence-electron chi connectivity index (χ4n) is 5.19. The molecular formula is C38H32N2P2. The fourth-order valence-corrected chi connectivity index (χ4v) is 9.88. The third kappa shape index (κ3) is 6.63. The minimum atomic E-state index is -0.750. The summed E-state index contributed by atoms with van der Waals surface area (Å²) in [6.45, 7) is 0. The molecule has 0 aliphatic carbocycles. The molecule has 6 rings (SSSR count). The van der Waals surface area contributed by atoms with Crippen molar-refractivity contribution >= 4 is 48.1 Å². The maximum atomic E-state index is 9.17. The summed E-state index contributed by atoms with van der Waals surface area (Å²) in [5.41, 5.74) is 3.51. The molecule has 0 unspecified atom stereocenters. The summed E-state index contributed by atoms with van der Waals surface area (Å²) < 4.78 is 0. The number of hydrogen-bond acceptors (Lipinski definition) is 2. The van der Waals surface area contributed by atoms with E-state index >= 15 is 0 Å². The molecule has 2 nitrogen and oxygen atoms in total. The maximum Gasteiger partial charge on any atom is 0.0844 e. The van der Waals surface area contributed by atoms with Crippen LogP contribution in [0, 0.1) is 5.41 Å². The molecule has 0 radical (unpaired) electrons. The lowest BCUT2D eigenvalue weighted by Gasteiger charge is -2.22. The van der Waals surface area contributed by atoms with E-state index in [1.165, 1.54) is 32.1 Å². The van der Waals surface area contributed by atoms with Crippen LogP contribution in [0.25, 0.3) is 0 Å². The first kappa shape index (κ1) is 27.9. The van der Waals surface area contributed by atoms with Gasteiger partial charge >= 0.3 is 0 Å². The second-order valence-corrected chi connectivity index (χ2v) is 14.5. The number of aromatic nitrogens is 1. The largest absolute Gasteiger partial charge is 0.303 e. The van der Waals surface area contributed by atoms with Gasteiger partial charge in [0.05, 0.1) is 11.4 Å². The zero-order valence-electron chi connectivity index (χ0n) is 23.3. The topological polar surface area (TPSA) is 36.7 Å². The smallest absolute Gasteiger partial charge is 0.0844 e. The minimum absolute atomic E-state index is 0.539. The quantitative estimate of drug-likeness (QED) is 0.137. The van der Waals surface area contributed by atoms with Crippen molar-refractivity contribution < 1.29 is 0 Å². The lowest BCUT2D eigenvalue weighted by molar-refractivity contribution is 1.13. The Bertz CT molecular complexity index is 1660. The standard InChI is InChI=1S/C38H32N2P2/c39-36(28-30-16-13-14-27-38(30)42(34-22-9-3-10-23-34)35-24-11-4-12-25-35)37-26-15-17-31(40-37)29-41(32-18-5-1-6-19-32)33-20-7-2-8-21-33/h1-27,39H,28-29H2. The van der Waals surface area contributed by atoms with E-state index < -0.39 is 15.8 Å². The van der Waals surface area contributed by atoms with Gasteiger partial charge in [-0.25, -0.2) is 0 Å². The predicted octanol–water partition coefficient (Wildman–Crippen LogP) is 7.08. The molecule has 5 aromatic carbocycles. The summed E-state index contributed by atoms with van der Waals surface area (Å²) in [4.78, 5) is 5.05. The van der Waals surface area contributed by atoms with Gasteiger partial charge in [-0.2, -0.15) is 0 Å². The van der Waals surface area contributed by atoms with Crippen molar-refractivity contribution in [2.24, 2.45) is 0 Å². The Balaban J connectivity index is 1.29. The van der Waals surface area contributed by atoms with E-state index in [0.29, 0.717) is 12.1 Å². The van der Waals surface area contributed by atoms with Gasteiger partial charge in [-0.05, 0) is 60.1 Å². The molecule has 0 aliphatic rings. The van der Waals surface area contributed by atoms with Gasteiger partial charge in [-0.15, -0.1) is 0 Å². The van der Waals surface area contributed by atoms with Crippen LogP contribution in [0.3, 0.4) is 0 Å². The lowest BCUT2D eigenvalue weighted by Crippen LogP contribution is -2.24. The zero-order chi connectivity index (χ0) is 28.6. The first-order chi connectivity index (χ1) is 20.8. The molecular weight excluding hydrogens is 546 g/mol. The molecule has 0 atom stereocenters. The molecule has 0 fully saturated rings. The number of rotatable bonds is 10. The van der Waals surface area contributed by atoms with Crippen molar-refractivity contribution in [3.8, 4) is 0 Å². The van der Waals surface area contributed by atoms with Gasteiger partial charge in [-0.1, -0.05) is 152 Å². The van der Waals surface area contributed by atoms with E-state index in [2.05, 4.69) is 158 Å². The van der Waals surface area contributed by atoms with E-state index in [-0.39, 0.29) is 0 Å². The Morgan fingerprint density at radius 3 is 1.52 bits per heavy atom. The lowest BCUT2D eigenvalue weighted by atomic mass is 10.1. The SMILES string of the molecule is N=C(Cc1ccccc1P(c1ccccc1)c1ccccc1)c1cccc(CP(c2ccccc2)c2ccccc2)n1. The maximum absolute atomic E-state index is 9.17. The van der Waals surface area contributed by atoms with Gasteiger partial charge in [0.1, 0.15) is 0 Å². The van der Waals surface area contributed by atoms with Crippen molar-refractivity contribution in [1.29, 1.82) is 5.41 Å². The monoisotopic (exact) mass is 578 g/mol. The van der Waals surface area contributed by atoms with Crippen LogP contribution in [-0.2, 0) is 12.6 Å². The summed E-state index contributed by atoms with van der Waals surface area (Å²) >= 11 is 0. The van der Waals surface area contributed by atoms with Crippen LogP contribution in [-0.4, -0.2) is 10.7 Å². The fraction of sp³-hybridized carbons (Fsp3) is 0.0526. The Morgan fingerprint density at radius 2 is 0.976 bits per heavy atom. The molecule has 6 aromatic rings. The molecule has 1 heterocycles. The number of hydrogen-bond donors (Lipinski definition) is 1. The average molecular weight is 579 g/mol. The average Bonchev–Trinajstić information content (AvgIpc) is 3.06. The Morgan fingerprint density at radius 1 is 0.500 bits per heavy atom. The molecule has 0 amide bonds. The predicted molar refractivity (Wildman–Crippen MR) is 183 cm³/mol. The summed E-state index contributed by atoms with van der Waals surface area (Å²) in [5, 5.41) is 15.8. The molecule has 0 saturated heterocycles. The van der Waals surface area contributed by atoms with Crippen LogP contribution in [0.5, 0.6) is 0 Å². The van der Waals surface area contributed by atoms with E-state index in [1.807, 2.05) is 6.07 Å². The highest BCUT2D eigenvalue weighted by molar-refractivity contribution is 7.80. The van der Waals surface area contributed by atoms with Gasteiger partial charge in [-0.3, -0.25) is 4.98 Å². The number of nitrogens with one attached hydrogen (secondary N) is 1. The highest BCUT2D eigenvalue weighted by Crippen LogP contribution is 2.37. The van der Waals surface area contributed by atoms with Gasteiger partial charge in [0.25, 0.3) is 0 Å². The summed E-state index contributed by atoms with van der Waals surface area (Å²) in [6, 6.07) is 57.8. The minimum Gasteiger partial charge on any atom is -0.303 e. The van der Waals surface area contributed by atoms with Crippen LogP contribution < -0.4 is 26.5 Å². The molecule has 1 aromatic heterocycles.